The Morgan fingerprint density at radius 3 is 2.25 bits per heavy atom. The summed E-state index contributed by atoms with van der Waals surface area (Å²) in [5.74, 6) is -1.01. The van der Waals surface area contributed by atoms with E-state index >= 15 is 0 Å². The number of ether oxygens (including phenoxy) is 1. The Bertz CT molecular complexity index is 906. The number of hydrogen-bond donors (Lipinski definition) is 2. The number of rotatable bonds is 3. The third-order valence-corrected chi connectivity index (χ3v) is 3.57. The van der Waals surface area contributed by atoms with Crippen LogP contribution in [-0.4, -0.2) is 18.9 Å². The Labute approximate surface area is 139 Å². The van der Waals surface area contributed by atoms with Crippen molar-refractivity contribution >= 4 is 34.0 Å². The number of amides is 2. The van der Waals surface area contributed by atoms with Crippen LogP contribution in [-0.2, 0) is 9.59 Å². The summed E-state index contributed by atoms with van der Waals surface area (Å²) in [6.45, 7) is 0. The van der Waals surface area contributed by atoms with Crippen LogP contribution < -0.4 is 15.4 Å². The van der Waals surface area contributed by atoms with E-state index in [1.165, 1.54) is 7.11 Å². The summed E-state index contributed by atoms with van der Waals surface area (Å²) in [7, 11) is 1.50. The van der Waals surface area contributed by atoms with Crippen molar-refractivity contribution in [2.24, 2.45) is 0 Å². The number of nitrogens with one attached hydrogen (secondary N) is 2. The first-order chi connectivity index (χ1) is 11.7. The minimum atomic E-state index is -0.757. The summed E-state index contributed by atoms with van der Waals surface area (Å²) in [6, 6.07) is 20.2. The van der Waals surface area contributed by atoms with Crippen LogP contribution in [0.15, 0.2) is 66.7 Å². The molecule has 2 N–H and O–H groups in total. The van der Waals surface area contributed by atoms with Gasteiger partial charge in [0, 0.05) is 5.69 Å². The lowest BCUT2D eigenvalue weighted by molar-refractivity contribution is -0.133. The topological polar surface area (TPSA) is 67.4 Å². The molecule has 120 valence electrons. The molecule has 0 bridgehead atoms. The smallest absolute Gasteiger partial charge is 0.314 e. The molecular weight excluding hydrogens is 304 g/mol. The molecule has 0 radical (unpaired) electrons. The Morgan fingerprint density at radius 2 is 1.46 bits per heavy atom. The molecule has 2 amide bonds. The minimum Gasteiger partial charge on any atom is -0.495 e. The molecule has 3 aromatic rings. The summed E-state index contributed by atoms with van der Waals surface area (Å²) >= 11 is 0. The van der Waals surface area contributed by atoms with E-state index in [2.05, 4.69) is 10.6 Å². The number of methoxy groups -OCH3 is 1. The van der Waals surface area contributed by atoms with E-state index in [0.29, 0.717) is 17.1 Å². The predicted octanol–water partition coefficient (Wildman–Crippen LogP) is 3.43. The number of anilines is 2. The van der Waals surface area contributed by atoms with E-state index < -0.39 is 11.8 Å². The van der Waals surface area contributed by atoms with Gasteiger partial charge in [-0.1, -0.05) is 42.5 Å². The minimum absolute atomic E-state index is 0.443. The number of carbonyl (C=O) groups excluding carboxylic acids is 2. The highest BCUT2D eigenvalue weighted by molar-refractivity contribution is 6.43. The number of para-hydroxylation sites is 2. The number of carbonyl (C=O) groups is 2. The highest BCUT2D eigenvalue weighted by atomic mass is 16.5. The van der Waals surface area contributed by atoms with Gasteiger partial charge >= 0.3 is 11.8 Å². The zero-order valence-electron chi connectivity index (χ0n) is 13.1. The second kappa shape index (κ2) is 6.83. The van der Waals surface area contributed by atoms with Crippen LogP contribution in [0.5, 0.6) is 5.75 Å². The van der Waals surface area contributed by atoms with Crippen LogP contribution >= 0.6 is 0 Å². The van der Waals surface area contributed by atoms with Gasteiger partial charge in [0.25, 0.3) is 0 Å². The van der Waals surface area contributed by atoms with Gasteiger partial charge in [-0.25, -0.2) is 0 Å². The van der Waals surface area contributed by atoms with Crippen molar-refractivity contribution < 1.29 is 14.3 Å². The van der Waals surface area contributed by atoms with Crippen LogP contribution in [0.25, 0.3) is 10.8 Å². The molecule has 0 saturated heterocycles. The summed E-state index contributed by atoms with van der Waals surface area (Å²) < 4.78 is 5.15. The largest absolute Gasteiger partial charge is 0.495 e. The molecule has 0 heterocycles. The molecule has 0 spiro atoms. The summed E-state index contributed by atoms with van der Waals surface area (Å²) in [4.78, 5) is 24.2. The zero-order chi connectivity index (χ0) is 16.9. The molecule has 0 aliphatic carbocycles. The van der Waals surface area contributed by atoms with Crippen molar-refractivity contribution in [2.45, 2.75) is 0 Å². The van der Waals surface area contributed by atoms with E-state index in [4.69, 9.17) is 4.74 Å². The normalized spacial score (nSPS) is 10.2. The van der Waals surface area contributed by atoms with Crippen molar-refractivity contribution in [1.29, 1.82) is 0 Å². The van der Waals surface area contributed by atoms with Crippen molar-refractivity contribution in [2.75, 3.05) is 17.7 Å². The SMILES string of the molecule is COc1ccccc1NC(=O)C(=O)Nc1ccc2ccccc2c1. The summed E-state index contributed by atoms with van der Waals surface area (Å²) in [5, 5.41) is 7.19. The highest BCUT2D eigenvalue weighted by Gasteiger charge is 2.16. The third-order valence-electron chi connectivity index (χ3n) is 3.57. The molecule has 5 heteroatoms. The maximum atomic E-state index is 12.1. The molecule has 3 aromatic carbocycles. The summed E-state index contributed by atoms with van der Waals surface area (Å²) in [5.41, 5.74) is 1.01. The predicted molar refractivity (Wildman–Crippen MR) is 94.2 cm³/mol. The van der Waals surface area contributed by atoms with Gasteiger partial charge in [0.2, 0.25) is 0 Å². The quantitative estimate of drug-likeness (QED) is 0.727. The Balaban J connectivity index is 1.72. The van der Waals surface area contributed by atoms with Gasteiger partial charge in [0.15, 0.2) is 0 Å². The standard InChI is InChI=1S/C19H16N2O3/c1-24-17-9-5-4-8-16(17)21-19(23)18(22)20-15-11-10-13-6-2-3-7-14(13)12-15/h2-12H,1H3,(H,20,22)(H,21,23). The number of benzene rings is 3. The van der Waals surface area contributed by atoms with Crippen LogP contribution in [0, 0.1) is 0 Å². The fraction of sp³-hybridized carbons (Fsp3) is 0.0526. The Kier molecular flexibility index (Phi) is 4.43. The van der Waals surface area contributed by atoms with Crippen molar-refractivity contribution in [1.82, 2.24) is 0 Å². The Hall–Kier alpha value is -3.34. The molecule has 0 saturated carbocycles. The average molecular weight is 320 g/mol. The van der Waals surface area contributed by atoms with Crippen LogP contribution in [0.1, 0.15) is 0 Å². The summed E-state index contributed by atoms with van der Waals surface area (Å²) in [6.07, 6.45) is 0. The first-order valence-electron chi connectivity index (χ1n) is 7.41. The number of fused-ring (bicyclic) bond motifs is 1. The molecule has 0 atom stereocenters. The second-order valence-corrected chi connectivity index (χ2v) is 5.17. The molecule has 24 heavy (non-hydrogen) atoms. The first kappa shape index (κ1) is 15.6. The monoisotopic (exact) mass is 320 g/mol. The maximum absolute atomic E-state index is 12.1. The van der Waals surface area contributed by atoms with Crippen molar-refractivity contribution in [3.63, 3.8) is 0 Å². The van der Waals surface area contributed by atoms with Gasteiger partial charge in [-0.2, -0.15) is 0 Å². The van der Waals surface area contributed by atoms with Crippen molar-refractivity contribution in [3.05, 3.63) is 66.7 Å². The molecule has 0 unspecified atom stereocenters. The van der Waals surface area contributed by atoms with Crippen LogP contribution in [0.2, 0.25) is 0 Å². The lowest BCUT2D eigenvalue weighted by Gasteiger charge is -2.10. The van der Waals surface area contributed by atoms with E-state index in [0.717, 1.165) is 10.8 Å². The molecular formula is C19H16N2O3. The lowest BCUT2D eigenvalue weighted by Crippen LogP contribution is -2.29. The Morgan fingerprint density at radius 1 is 0.792 bits per heavy atom. The van der Waals surface area contributed by atoms with Gasteiger partial charge < -0.3 is 15.4 Å². The third kappa shape index (κ3) is 3.35. The highest BCUT2D eigenvalue weighted by Crippen LogP contribution is 2.23. The lowest BCUT2D eigenvalue weighted by atomic mass is 10.1. The fourth-order valence-corrected chi connectivity index (χ4v) is 2.38. The van der Waals surface area contributed by atoms with Gasteiger partial charge in [0.05, 0.1) is 12.8 Å². The number of hydrogen-bond acceptors (Lipinski definition) is 3. The maximum Gasteiger partial charge on any atom is 0.314 e. The molecule has 0 aromatic heterocycles. The van der Waals surface area contributed by atoms with Crippen LogP contribution in [0.3, 0.4) is 0 Å². The van der Waals surface area contributed by atoms with Crippen LogP contribution in [0.4, 0.5) is 11.4 Å². The second-order valence-electron chi connectivity index (χ2n) is 5.17. The van der Waals surface area contributed by atoms with Crippen molar-refractivity contribution in [3.8, 4) is 5.75 Å². The first-order valence-corrected chi connectivity index (χ1v) is 7.41. The average Bonchev–Trinajstić information content (AvgIpc) is 2.62. The molecule has 0 aliphatic rings. The van der Waals surface area contributed by atoms with Gasteiger partial charge in [-0.3, -0.25) is 9.59 Å². The fourth-order valence-electron chi connectivity index (χ4n) is 2.38. The van der Waals surface area contributed by atoms with Gasteiger partial charge in [-0.15, -0.1) is 0 Å². The van der Waals surface area contributed by atoms with Gasteiger partial charge in [0.1, 0.15) is 5.75 Å². The van der Waals surface area contributed by atoms with E-state index in [1.54, 1.807) is 30.3 Å². The van der Waals surface area contributed by atoms with E-state index in [9.17, 15) is 9.59 Å². The van der Waals surface area contributed by atoms with Gasteiger partial charge in [-0.05, 0) is 35.0 Å². The molecule has 5 nitrogen and oxygen atoms in total. The van der Waals surface area contributed by atoms with E-state index in [-0.39, 0.29) is 0 Å². The molecule has 3 rings (SSSR count). The molecule has 0 aliphatic heterocycles. The molecule has 0 fully saturated rings. The zero-order valence-corrected chi connectivity index (χ0v) is 13.1. The van der Waals surface area contributed by atoms with E-state index in [1.807, 2.05) is 36.4 Å².